The summed E-state index contributed by atoms with van der Waals surface area (Å²) < 4.78 is 0. The number of anilines is 2. The van der Waals surface area contributed by atoms with Crippen molar-refractivity contribution in [2.75, 3.05) is 29.9 Å². The molecule has 0 atom stereocenters. The highest BCUT2D eigenvalue weighted by Crippen LogP contribution is 2.45. The van der Waals surface area contributed by atoms with Crippen LogP contribution in [0.5, 0.6) is 0 Å². The Morgan fingerprint density at radius 1 is 1.12 bits per heavy atom. The van der Waals surface area contributed by atoms with Gasteiger partial charge in [0, 0.05) is 32.3 Å². The molecule has 2 fully saturated rings. The molecule has 1 spiro atoms. The molecule has 3 aromatic rings. The Kier molecular flexibility index (Phi) is 6.22. The Labute approximate surface area is 199 Å². The largest absolute Gasteiger partial charge is 0.353 e. The van der Waals surface area contributed by atoms with Crippen molar-refractivity contribution in [1.29, 1.82) is 0 Å². The van der Waals surface area contributed by atoms with Gasteiger partial charge < -0.3 is 14.8 Å². The molecule has 0 bridgehead atoms. The number of amides is 2. The molecule has 8 heteroatoms. The molecular formula is C26H32N6O2. The quantitative estimate of drug-likeness (QED) is 0.558. The van der Waals surface area contributed by atoms with E-state index in [1.807, 2.05) is 42.6 Å². The van der Waals surface area contributed by atoms with E-state index >= 15 is 0 Å². The van der Waals surface area contributed by atoms with Gasteiger partial charge in [-0.1, -0.05) is 43.7 Å². The third kappa shape index (κ3) is 4.62. The summed E-state index contributed by atoms with van der Waals surface area (Å²) in [7, 11) is 0. The van der Waals surface area contributed by atoms with E-state index in [9.17, 15) is 9.59 Å². The highest BCUT2D eigenvalue weighted by Gasteiger charge is 2.52. The van der Waals surface area contributed by atoms with E-state index in [1.165, 1.54) is 0 Å². The van der Waals surface area contributed by atoms with E-state index < -0.39 is 0 Å². The van der Waals surface area contributed by atoms with E-state index in [2.05, 4.69) is 32.0 Å². The lowest BCUT2D eigenvalue weighted by Crippen LogP contribution is -2.47. The van der Waals surface area contributed by atoms with Crippen LogP contribution in [0, 0.1) is 0 Å². The standard InChI is InChI=1S/C26H32N6O2/c1-2-3-10-21(33)28-25-29-23-20(11-14-27-23)24(30-25)31-15-7-16-32(26(18-31)12-13-26)22(34)17-19-8-5-4-6-9-19/h4-6,8-9,11,14H,2-3,7,10,12-13,15-18H2,1H3,(H2,27,28,29,30,33). The molecule has 1 aliphatic carbocycles. The van der Waals surface area contributed by atoms with Gasteiger partial charge in [-0.2, -0.15) is 9.97 Å². The number of benzene rings is 1. The minimum Gasteiger partial charge on any atom is -0.353 e. The number of aromatic amines is 1. The number of nitrogens with zero attached hydrogens (tertiary/aromatic N) is 4. The summed E-state index contributed by atoms with van der Waals surface area (Å²) in [4.78, 5) is 42.4. The average molecular weight is 461 g/mol. The molecule has 2 aliphatic rings. The Morgan fingerprint density at radius 3 is 2.71 bits per heavy atom. The molecule has 8 nitrogen and oxygen atoms in total. The fraction of sp³-hybridized carbons (Fsp3) is 0.462. The first-order valence-corrected chi connectivity index (χ1v) is 12.3. The molecule has 1 saturated heterocycles. The minimum absolute atomic E-state index is 0.0640. The average Bonchev–Trinajstić information content (AvgIpc) is 3.51. The monoisotopic (exact) mass is 460 g/mol. The van der Waals surface area contributed by atoms with Gasteiger partial charge in [0.2, 0.25) is 17.8 Å². The van der Waals surface area contributed by atoms with Crippen molar-refractivity contribution in [2.24, 2.45) is 0 Å². The molecule has 3 heterocycles. The zero-order valence-electron chi connectivity index (χ0n) is 19.7. The topological polar surface area (TPSA) is 94.2 Å². The van der Waals surface area contributed by atoms with Gasteiger partial charge in [-0.25, -0.2) is 0 Å². The fourth-order valence-corrected chi connectivity index (χ4v) is 4.93. The summed E-state index contributed by atoms with van der Waals surface area (Å²) in [5.74, 6) is 1.28. The zero-order valence-corrected chi connectivity index (χ0v) is 19.7. The van der Waals surface area contributed by atoms with Crippen molar-refractivity contribution in [1.82, 2.24) is 19.9 Å². The van der Waals surface area contributed by atoms with Crippen LogP contribution in [0.2, 0.25) is 0 Å². The number of H-pyrrole nitrogens is 1. The van der Waals surface area contributed by atoms with E-state index in [-0.39, 0.29) is 17.4 Å². The van der Waals surface area contributed by atoms with Gasteiger partial charge >= 0.3 is 0 Å². The lowest BCUT2D eigenvalue weighted by atomic mass is 10.1. The first-order valence-electron chi connectivity index (χ1n) is 12.3. The van der Waals surface area contributed by atoms with Gasteiger partial charge in [-0.05, 0) is 37.3 Å². The summed E-state index contributed by atoms with van der Waals surface area (Å²) in [5, 5.41) is 3.81. The lowest BCUT2D eigenvalue weighted by Gasteiger charge is -2.33. The molecule has 0 unspecified atom stereocenters. The number of hydrogen-bond acceptors (Lipinski definition) is 5. The van der Waals surface area contributed by atoms with Crippen LogP contribution in [0.1, 0.15) is 51.0 Å². The van der Waals surface area contributed by atoms with E-state index in [0.29, 0.717) is 24.4 Å². The summed E-state index contributed by atoms with van der Waals surface area (Å²) in [6.07, 6.45) is 7.44. The Balaban J connectivity index is 1.37. The maximum absolute atomic E-state index is 13.3. The number of unbranched alkanes of at least 4 members (excludes halogenated alkanes) is 1. The van der Waals surface area contributed by atoms with Crippen LogP contribution in [0.4, 0.5) is 11.8 Å². The van der Waals surface area contributed by atoms with Gasteiger partial charge in [0.05, 0.1) is 17.3 Å². The smallest absolute Gasteiger partial charge is 0.233 e. The van der Waals surface area contributed by atoms with E-state index in [0.717, 1.165) is 68.5 Å². The summed E-state index contributed by atoms with van der Waals surface area (Å²) >= 11 is 0. The Bertz CT molecular complexity index is 1170. The van der Waals surface area contributed by atoms with Gasteiger partial charge in [0.15, 0.2) is 0 Å². The Hall–Kier alpha value is -3.42. The van der Waals surface area contributed by atoms with Crippen LogP contribution in [-0.2, 0) is 16.0 Å². The van der Waals surface area contributed by atoms with Crippen LogP contribution in [0.15, 0.2) is 42.6 Å². The normalized spacial score (nSPS) is 17.1. The predicted molar refractivity (Wildman–Crippen MR) is 133 cm³/mol. The molecule has 2 amide bonds. The van der Waals surface area contributed by atoms with Crippen LogP contribution in [-0.4, -0.2) is 56.8 Å². The number of aromatic nitrogens is 3. The number of rotatable bonds is 7. The van der Waals surface area contributed by atoms with Crippen molar-refractivity contribution < 1.29 is 9.59 Å². The second kappa shape index (κ2) is 9.44. The van der Waals surface area contributed by atoms with Gasteiger partial charge in [-0.15, -0.1) is 0 Å². The first kappa shape index (κ1) is 22.4. The van der Waals surface area contributed by atoms with Crippen LogP contribution in [0.3, 0.4) is 0 Å². The maximum atomic E-state index is 13.3. The molecule has 1 aliphatic heterocycles. The van der Waals surface area contributed by atoms with Gasteiger partial charge in [-0.3, -0.25) is 14.9 Å². The molecule has 1 aromatic carbocycles. The van der Waals surface area contributed by atoms with Gasteiger partial charge in [0.1, 0.15) is 11.5 Å². The van der Waals surface area contributed by atoms with Crippen molar-refractivity contribution >= 4 is 34.6 Å². The Morgan fingerprint density at radius 2 is 1.94 bits per heavy atom. The minimum atomic E-state index is -0.138. The third-order valence-corrected chi connectivity index (χ3v) is 6.90. The highest BCUT2D eigenvalue weighted by atomic mass is 16.2. The van der Waals surface area contributed by atoms with Crippen molar-refractivity contribution in [2.45, 2.75) is 57.4 Å². The molecule has 1 saturated carbocycles. The number of nitrogens with one attached hydrogen (secondary N) is 2. The molecular weight excluding hydrogens is 428 g/mol. The van der Waals surface area contributed by atoms with Crippen LogP contribution < -0.4 is 10.2 Å². The van der Waals surface area contributed by atoms with Crippen molar-refractivity contribution in [3.8, 4) is 0 Å². The second-order valence-electron chi connectivity index (χ2n) is 9.47. The predicted octanol–water partition coefficient (Wildman–Crippen LogP) is 3.90. The first-order chi connectivity index (χ1) is 16.6. The van der Waals surface area contributed by atoms with Crippen LogP contribution >= 0.6 is 0 Å². The SMILES string of the molecule is CCCCC(=O)Nc1nc(N2CCCN(C(=O)Cc3ccccc3)C3(CC3)C2)c2cc[nH]c2n1. The lowest BCUT2D eigenvalue weighted by molar-refractivity contribution is -0.133. The summed E-state index contributed by atoms with van der Waals surface area (Å²) in [6.45, 7) is 4.36. The third-order valence-electron chi connectivity index (χ3n) is 6.90. The molecule has 2 N–H and O–H groups in total. The van der Waals surface area contributed by atoms with Crippen molar-refractivity contribution in [3.05, 3.63) is 48.2 Å². The fourth-order valence-electron chi connectivity index (χ4n) is 4.93. The van der Waals surface area contributed by atoms with Crippen LogP contribution in [0.25, 0.3) is 11.0 Å². The molecule has 178 valence electrons. The molecule has 2 aromatic heterocycles. The van der Waals surface area contributed by atoms with Gasteiger partial charge in [0.25, 0.3) is 0 Å². The zero-order chi connectivity index (χ0) is 23.5. The molecule has 0 radical (unpaired) electrons. The number of carbonyl (C=O) groups excluding carboxylic acids is 2. The molecule has 34 heavy (non-hydrogen) atoms. The second-order valence-corrected chi connectivity index (χ2v) is 9.47. The highest BCUT2D eigenvalue weighted by molar-refractivity contribution is 5.93. The van der Waals surface area contributed by atoms with E-state index in [1.54, 1.807) is 0 Å². The van der Waals surface area contributed by atoms with E-state index in [4.69, 9.17) is 4.98 Å². The molecule has 5 rings (SSSR count). The number of fused-ring (bicyclic) bond motifs is 1. The number of carbonyl (C=O) groups is 2. The van der Waals surface area contributed by atoms with Crippen molar-refractivity contribution in [3.63, 3.8) is 0 Å². The number of hydrogen-bond donors (Lipinski definition) is 2. The summed E-state index contributed by atoms with van der Waals surface area (Å²) in [5.41, 5.74) is 1.63. The summed E-state index contributed by atoms with van der Waals surface area (Å²) in [6, 6.07) is 12.0. The maximum Gasteiger partial charge on any atom is 0.233 e.